The fourth-order valence-corrected chi connectivity index (χ4v) is 1.92. The lowest BCUT2D eigenvalue weighted by Gasteiger charge is -2.16. The van der Waals surface area contributed by atoms with Crippen LogP contribution in [-0.2, 0) is 0 Å². The number of fused-ring (bicyclic) bond motifs is 1. The van der Waals surface area contributed by atoms with E-state index < -0.39 is 0 Å². The number of hydrazone groups is 1. The van der Waals surface area contributed by atoms with Crippen LogP contribution in [0.1, 0.15) is 25.7 Å². The Morgan fingerprint density at radius 2 is 2.40 bits per heavy atom. The van der Waals surface area contributed by atoms with Crippen molar-refractivity contribution in [2.75, 3.05) is 0 Å². The molecule has 1 aliphatic carbocycles. The highest BCUT2D eigenvalue weighted by Gasteiger charge is 2.28. The number of thiocarbonyl (C=S) groups is 1. The van der Waals surface area contributed by atoms with Crippen molar-refractivity contribution < 1.29 is 0 Å². The van der Waals surface area contributed by atoms with Crippen molar-refractivity contribution in [1.82, 2.24) is 5.43 Å². The molecule has 0 bridgehead atoms. The number of nitrogens with one attached hydrogen (secondary N) is 1. The molecule has 54 valence electrons. The van der Waals surface area contributed by atoms with E-state index in [1.165, 1.54) is 25.0 Å². The van der Waals surface area contributed by atoms with Crippen LogP contribution in [0, 0.1) is 5.92 Å². The third-order valence-corrected chi connectivity index (χ3v) is 2.58. The SMILES string of the molecule is S=C1NN=C2CCCC[C@@H]12. The molecule has 1 N–H and O–H groups in total. The van der Waals surface area contributed by atoms with Gasteiger partial charge in [-0.3, -0.25) is 5.43 Å². The van der Waals surface area contributed by atoms with Crippen LogP contribution in [0.5, 0.6) is 0 Å². The van der Waals surface area contributed by atoms with Gasteiger partial charge in [-0.15, -0.1) is 0 Å². The summed E-state index contributed by atoms with van der Waals surface area (Å²) in [5, 5.41) is 4.16. The number of rotatable bonds is 0. The van der Waals surface area contributed by atoms with Crippen LogP contribution in [0.4, 0.5) is 0 Å². The maximum atomic E-state index is 5.09. The van der Waals surface area contributed by atoms with E-state index in [9.17, 15) is 0 Å². The average Bonchev–Trinajstić information content (AvgIpc) is 2.34. The Balaban J connectivity index is 2.18. The second-order valence-electron chi connectivity index (χ2n) is 2.88. The Labute approximate surface area is 65.7 Å². The molecule has 0 spiro atoms. The lowest BCUT2D eigenvalue weighted by molar-refractivity contribution is 0.622. The summed E-state index contributed by atoms with van der Waals surface area (Å²) in [6, 6.07) is 0. The van der Waals surface area contributed by atoms with E-state index in [1.807, 2.05) is 0 Å². The molecule has 0 saturated heterocycles. The molecule has 0 amide bonds. The van der Waals surface area contributed by atoms with Crippen LogP contribution in [-0.4, -0.2) is 10.7 Å². The van der Waals surface area contributed by atoms with Crippen molar-refractivity contribution in [2.24, 2.45) is 11.0 Å². The molecule has 1 saturated carbocycles. The molecule has 0 aromatic heterocycles. The highest BCUT2D eigenvalue weighted by Crippen LogP contribution is 2.25. The first-order chi connectivity index (χ1) is 4.88. The second kappa shape index (κ2) is 2.31. The molecule has 1 atom stereocenters. The van der Waals surface area contributed by atoms with Gasteiger partial charge in [-0.05, 0) is 19.3 Å². The molecule has 2 aliphatic rings. The third kappa shape index (κ3) is 0.850. The minimum absolute atomic E-state index is 0.503. The molecule has 0 radical (unpaired) electrons. The Morgan fingerprint density at radius 1 is 1.50 bits per heavy atom. The normalized spacial score (nSPS) is 31.0. The Morgan fingerprint density at radius 3 is 3.20 bits per heavy atom. The van der Waals surface area contributed by atoms with Gasteiger partial charge in [0.2, 0.25) is 0 Å². The fraction of sp³-hybridized carbons (Fsp3) is 0.714. The Kier molecular flexibility index (Phi) is 1.45. The van der Waals surface area contributed by atoms with Crippen LogP contribution < -0.4 is 5.43 Å². The Bertz CT molecular complexity index is 198. The summed E-state index contributed by atoms with van der Waals surface area (Å²) in [6.07, 6.45) is 4.97. The third-order valence-electron chi connectivity index (χ3n) is 2.20. The van der Waals surface area contributed by atoms with Gasteiger partial charge in [0.25, 0.3) is 0 Å². The van der Waals surface area contributed by atoms with Crippen molar-refractivity contribution in [1.29, 1.82) is 0 Å². The summed E-state index contributed by atoms with van der Waals surface area (Å²) in [6.45, 7) is 0. The van der Waals surface area contributed by atoms with Gasteiger partial charge in [0.1, 0.15) is 4.99 Å². The largest absolute Gasteiger partial charge is 0.271 e. The summed E-state index contributed by atoms with van der Waals surface area (Å²) in [5.41, 5.74) is 4.17. The van der Waals surface area contributed by atoms with Gasteiger partial charge in [-0.2, -0.15) is 5.10 Å². The van der Waals surface area contributed by atoms with Crippen molar-refractivity contribution in [3.63, 3.8) is 0 Å². The van der Waals surface area contributed by atoms with Crippen molar-refractivity contribution >= 4 is 22.9 Å². The van der Waals surface area contributed by atoms with Gasteiger partial charge in [0.05, 0.1) is 5.92 Å². The van der Waals surface area contributed by atoms with Gasteiger partial charge in [-0.1, -0.05) is 18.6 Å². The van der Waals surface area contributed by atoms with Crippen LogP contribution in [0.25, 0.3) is 0 Å². The molecule has 2 nitrogen and oxygen atoms in total. The molecule has 0 unspecified atom stereocenters. The molecule has 2 rings (SSSR count). The highest BCUT2D eigenvalue weighted by molar-refractivity contribution is 7.80. The van der Waals surface area contributed by atoms with E-state index in [-0.39, 0.29) is 0 Å². The van der Waals surface area contributed by atoms with E-state index in [1.54, 1.807) is 0 Å². The molecule has 0 aromatic carbocycles. The quantitative estimate of drug-likeness (QED) is 0.534. The van der Waals surface area contributed by atoms with Crippen LogP contribution in [0.3, 0.4) is 0 Å². The van der Waals surface area contributed by atoms with E-state index in [4.69, 9.17) is 12.2 Å². The van der Waals surface area contributed by atoms with Gasteiger partial charge in [0.15, 0.2) is 0 Å². The first-order valence-electron chi connectivity index (χ1n) is 3.74. The van der Waals surface area contributed by atoms with E-state index in [0.717, 1.165) is 11.4 Å². The van der Waals surface area contributed by atoms with Gasteiger partial charge in [0, 0.05) is 5.71 Å². The molecular formula is C7H10N2S. The highest BCUT2D eigenvalue weighted by atomic mass is 32.1. The average molecular weight is 154 g/mol. The van der Waals surface area contributed by atoms with Crippen molar-refractivity contribution in [3.05, 3.63) is 0 Å². The lowest BCUT2D eigenvalue weighted by Crippen LogP contribution is -2.23. The fourth-order valence-electron chi connectivity index (χ4n) is 1.62. The zero-order valence-corrected chi connectivity index (χ0v) is 6.58. The predicted octanol–water partition coefficient (Wildman–Crippen LogP) is 1.46. The van der Waals surface area contributed by atoms with E-state index >= 15 is 0 Å². The summed E-state index contributed by atoms with van der Waals surface area (Å²) >= 11 is 5.09. The number of nitrogens with zero attached hydrogens (tertiary/aromatic N) is 1. The maximum absolute atomic E-state index is 5.09. The zero-order chi connectivity index (χ0) is 6.97. The lowest BCUT2D eigenvalue weighted by atomic mass is 9.88. The molecule has 1 fully saturated rings. The first kappa shape index (κ1) is 6.28. The van der Waals surface area contributed by atoms with Crippen LogP contribution in [0.2, 0.25) is 0 Å². The molecule has 10 heavy (non-hydrogen) atoms. The number of hydrogen-bond donors (Lipinski definition) is 1. The monoisotopic (exact) mass is 154 g/mol. The summed E-state index contributed by atoms with van der Waals surface area (Å²) < 4.78 is 0. The first-order valence-corrected chi connectivity index (χ1v) is 4.15. The standard InChI is InChI=1S/C7H10N2S/c10-7-5-3-1-2-4-6(5)8-9-7/h5H,1-4H2,(H,9,10)/t5-/m1/s1. The van der Waals surface area contributed by atoms with E-state index in [2.05, 4.69) is 10.5 Å². The van der Waals surface area contributed by atoms with Crippen molar-refractivity contribution in [2.45, 2.75) is 25.7 Å². The zero-order valence-electron chi connectivity index (χ0n) is 5.76. The molecule has 1 aliphatic heterocycles. The van der Waals surface area contributed by atoms with Gasteiger partial charge in [-0.25, -0.2) is 0 Å². The summed E-state index contributed by atoms with van der Waals surface area (Å²) in [7, 11) is 0. The molecule has 3 heteroatoms. The van der Waals surface area contributed by atoms with Gasteiger partial charge < -0.3 is 0 Å². The van der Waals surface area contributed by atoms with Crippen molar-refractivity contribution in [3.8, 4) is 0 Å². The minimum atomic E-state index is 0.503. The second-order valence-corrected chi connectivity index (χ2v) is 3.32. The topological polar surface area (TPSA) is 24.4 Å². The number of hydrogen-bond acceptors (Lipinski definition) is 2. The predicted molar refractivity (Wildman–Crippen MR) is 45.1 cm³/mol. The maximum Gasteiger partial charge on any atom is 0.105 e. The smallest absolute Gasteiger partial charge is 0.105 e. The molecular weight excluding hydrogens is 144 g/mol. The minimum Gasteiger partial charge on any atom is -0.271 e. The summed E-state index contributed by atoms with van der Waals surface area (Å²) in [5.74, 6) is 0.503. The van der Waals surface area contributed by atoms with Gasteiger partial charge >= 0.3 is 0 Å². The van der Waals surface area contributed by atoms with Crippen LogP contribution in [0.15, 0.2) is 5.10 Å². The summed E-state index contributed by atoms with van der Waals surface area (Å²) in [4.78, 5) is 0.940. The van der Waals surface area contributed by atoms with E-state index in [0.29, 0.717) is 5.92 Å². The van der Waals surface area contributed by atoms with Crippen LogP contribution >= 0.6 is 12.2 Å². The molecule has 1 heterocycles. The Hall–Kier alpha value is -0.440. The molecule has 0 aromatic rings.